The van der Waals surface area contributed by atoms with Crippen LogP contribution in [-0.2, 0) is 0 Å². The van der Waals surface area contributed by atoms with E-state index in [1.807, 2.05) is 6.92 Å². The highest BCUT2D eigenvalue weighted by atomic mass is 16.2. The molecule has 0 unspecified atom stereocenters. The van der Waals surface area contributed by atoms with Gasteiger partial charge in [0.1, 0.15) is 17.3 Å². The fraction of sp³-hybridized carbons (Fsp3) is 0.625. The van der Waals surface area contributed by atoms with Gasteiger partial charge in [-0.05, 0) is 25.7 Å². The van der Waals surface area contributed by atoms with Crippen LogP contribution in [-0.4, -0.2) is 52.8 Å². The minimum absolute atomic E-state index is 0.172. The SMILES string of the molecule is CCCNc1nc(N2CCCC2)nc2c1C(=N)N(CCC)C2=O. The van der Waals surface area contributed by atoms with Crippen LogP contribution in [0.5, 0.6) is 0 Å². The molecule has 2 aliphatic heterocycles. The quantitative estimate of drug-likeness (QED) is 0.839. The smallest absolute Gasteiger partial charge is 0.279 e. The van der Waals surface area contributed by atoms with Crippen molar-refractivity contribution >= 4 is 23.5 Å². The lowest BCUT2D eigenvalue weighted by Crippen LogP contribution is -2.30. The summed E-state index contributed by atoms with van der Waals surface area (Å²) in [4.78, 5) is 25.4. The van der Waals surface area contributed by atoms with Crippen molar-refractivity contribution in [3.05, 3.63) is 11.3 Å². The molecule has 1 aromatic heterocycles. The zero-order chi connectivity index (χ0) is 16.4. The zero-order valence-corrected chi connectivity index (χ0v) is 13.9. The second-order valence-electron chi connectivity index (χ2n) is 6.02. The molecule has 124 valence electrons. The molecule has 2 N–H and O–H groups in total. The first kappa shape index (κ1) is 15.7. The molecular weight excluding hydrogens is 292 g/mol. The van der Waals surface area contributed by atoms with E-state index in [4.69, 9.17) is 5.41 Å². The maximum atomic E-state index is 12.6. The Balaban J connectivity index is 2.03. The van der Waals surface area contributed by atoms with E-state index >= 15 is 0 Å². The lowest BCUT2D eigenvalue weighted by atomic mass is 10.2. The molecule has 3 heterocycles. The van der Waals surface area contributed by atoms with Gasteiger partial charge >= 0.3 is 0 Å². The molecular formula is C16H24N6O. The van der Waals surface area contributed by atoms with Crippen molar-refractivity contribution in [3.63, 3.8) is 0 Å². The molecule has 3 rings (SSSR count). The number of amides is 1. The number of carbonyl (C=O) groups excluding carboxylic acids is 1. The first-order valence-corrected chi connectivity index (χ1v) is 8.49. The van der Waals surface area contributed by atoms with Crippen LogP contribution >= 0.6 is 0 Å². The van der Waals surface area contributed by atoms with Gasteiger partial charge in [-0.25, -0.2) is 4.98 Å². The summed E-state index contributed by atoms with van der Waals surface area (Å²) in [6.07, 6.45) is 4.03. The Morgan fingerprint density at radius 2 is 1.91 bits per heavy atom. The monoisotopic (exact) mass is 316 g/mol. The highest BCUT2D eigenvalue weighted by Crippen LogP contribution is 2.30. The van der Waals surface area contributed by atoms with Crippen LogP contribution in [0.2, 0.25) is 0 Å². The summed E-state index contributed by atoms with van der Waals surface area (Å²) < 4.78 is 0. The van der Waals surface area contributed by atoms with Gasteiger partial charge in [0, 0.05) is 26.2 Å². The average Bonchev–Trinajstić information content (AvgIpc) is 3.16. The minimum Gasteiger partial charge on any atom is -0.369 e. The Morgan fingerprint density at radius 3 is 2.57 bits per heavy atom. The molecule has 1 aromatic rings. The van der Waals surface area contributed by atoms with Crippen LogP contribution in [0.3, 0.4) is 0 Å². The number of anilines is 2. The predicted molar refractivity (Wildman–Crippen MR) is 90.4 cm³/mol. The molecule has 0 aromatic carbocycles. The van der Waals surface area contributed by atoms with Crippen molar-refractivity contribution in [1.82, 2.24) is 14.9 Å². The lowest BCUT2D eigenvalue weighted by Gasteiger charge is -2.17. The predicted octanol–water partition coefficient (Wildman–Crippen LogP) is 2.09. The zero-order valence-electron chi connectivity index (χ0n) is 13.9. The van der Waals surface area contributed by atoms with Gasteiger partial charge in [-0.3, -0.25) is 15.1 Å². The lowest BCUT2D eigenvalue weighted by molar-refractivity contribution is 0.0854. The number of amidine groups is 1. The highest BCUT2D eigenvalue weighted by Gasteiger charge is 2.37. The number of hydrogen-bond acceptors (Lipinski definition) is 6. The Labute approximate surface area is 136 Å². The molecule has 0 bridgehead atoms. The molecule has 0 spiro atoms. The van der Waals surface area contributed by atoms with Crippen molar-refractivity contribution < 1.29 is 4.79 Å². The Bertz CT molecular complexity index is 623. The molecule has 1 amide bonds. The average molecular weight is 316 g/mol. The van der Waals surface area contributed by atoms with E-state index in [1.54, 1.807) is 0 Å². The summed E-state index contributed by atoms with van der Waals surface area (Å²) in [5, 5.41) is 11.6. The summed E-state index contributed by atoms with van der Waals surface area (Å²) in [6.45, 7) is 7.24. The standard InChI is InChI=1S/C16H24N6O/c1-3-7-18-14-11-12(15(23)22(8-4-2)13(11)17)19-16(20-14)21-9-5-6-10-21/h17H,3-10H2,1-2H3,(H,18,19,20). The van der Waals surface area contributed by atoms with Gasteiger partial charge in [-0.15, -0.1) is 0 Å². The van der Waals surface area contributed by atoms with Gasteiger partial charge in [0.2, 0.25) is 5.95 Å². The van der Waals surface area contributed by atoms with E-state index in [0.29, 0.717) is 29.6 Å². The van der Waals surface area contributed by atoms with Crippen LogP contribution in [0.4, 0.5) is 11.8 Å². The van der Waals surface area contributed by atoms with Gasteiger partial charge in [0.25, 0.3) is 5.91 Å². The fourth-order valence-corrected chi connectivity index (χ4v) is 3.06. The second kappa shape index (κ2) is 6.52. The van der Waals surface area contributed by atoms with E-state index in [2.05, 4.69) is 27.1 Å². The summed E-state index contributed by atoms with van der Waals surface area (Å²) >= 11 is 0. The van der Waals surface area contributed by atoms with Gasteiger partial charge in [0.05, 0.1) is 5.56 Å². The summed E-state index contributed by atoms with van der Waals surface area (Å²) in [5.41, 5.74) is 0.929. The van der Waals surface area contributed by atoms with E-state index < -0.39 is 0 Å². The topological polar surface area (TPSA) is 85.2 Å². The Hall–Kier alpha value is -2.18. The van der Waals surface area contributed by atoms with Gasteiger partial charge in [-0.2, -0.15) is 4.98 Å². The van der Waals surface area contributed by atoms with E-state index in [0.717, 1.165) is 45.3 Å². The highest BCUT2D eigenvalue weighted by molar-refractivity contribution is 6.23. The van der Waals surface area contributed by atoms with Gasteiger partial charge in [0.15, 0.2) is 0 Å². The number of aromatic nitrogens is 2. The van der Waals surface area contributed by atoms with Crippen molar-refractivity contribution in [2.45, 2.75) is 39.5 Å². The molecule has 0 atom stereocenters. The summed E-state index contributed by atoms with van der Waals surface area (Å²) in [6, 6.07) is 0. The van der Waals surface area contributed by atoms with Crippen LogP contribution in [0.25, 0.3) is 0 Å². The number of rotatable bonds is 6. The first-order valence-electron chi connectivity index (χ1n) is 8.49. The number of fused-ring (bicyclic) bond motifs is 1. The normalized spacial score (nSPS) is 17.1. The molecule has 1 fully saturated rings. The van der Waals surface area contributed by atoms with Crippen molar-refractivity contribution in [2.24, 2.45) is 0 Å². The molecule has 0 radical (unpaired) electrons. The third kappa shape index (κ3) is 2.75. The third-order valence-corrected chi connectivity index (χ3v) is 4.23. The summed E-state index contributed by atoms with van der Waals surface area (Å²) in [5.74, 6) is 1.28. The Kier molecular flexibility index (Phi) is 4.45. The van der Waals surface area contributed by atoms with Crippen LogP contribution < -0.4 is 10.2 Å². The second-order valence-corrected chi connectivity index (χ2v) is 6.02. The van der Waals surface area contributed by atoms with Crippen molar-refractivity contribution in [3.8, 4) is 0 Å². The van der Waals surface area contributed by atoms with E-state index in [-0.39, 0.29) is 11.7 Å². The van der Waals surface area contributed by atoms with Crippen LogP contribution in [0, 0.1) is 5.41 Å². The van der Waals surface area contributed by atoms with Gasteiger partial charge in [-0.1, -0.05) is 13.8 Å². The summed E-state index contributed by atoms with van der Waals surface area (Å²) in [7, 11) is 0. The molecule has 23 heavy (non-hydrogen) atoms. The molecule has 7 nitrogen and oxygen atoms in total. The molecule has 0 aliphatic carbocycles. The molecule has 1 saturated heterocycles. The largest absolute Gasteiger partial charge is 0.369 e. The number of nitrogens with zero attached hydrogens (tertiary/aromatic N) is 4. The number of hydrogen-bond donors (Lipinski definition) is 2. The first-order chi connectivity index (χ1) is 11.2. The maximum Gasteiger partial charge on any atom is 0.279 e. The minimum atomic E-state index is -0.172. The molecule has 7 heteroatoms. The third-order valence-electron chi connectivity index (χ3n) is 4.23. The number of nitrogens with one attached hydrogen (secondary N) is 2. The van der Waals surface area contributed by atoms with Crippen molar-refractivity contribution in [1.29, 1.82) is 5.41 Å². The maximum absolute atomic E-state index is 12.6. The number of carbonyl (C=O) groups is 1. The van der Waals surface area contributed by atoms with Gasteiger partial charge < -0.3 is 10.2 Å². The fourth-order valence-electron chi connectivity index (χ4n) is 3.06. The van der Waals surface area contributed by atoms with Crippen LogP contribution in [0.1, 0.15) is 55.6 Å². The van der Waals surface area contributed by atoms with Crippen molar-refractivity contribution in [2.75, 3.05) is 36.4 Å². The molecule has 0 saturated carbocycles. The Morgan fingerprint density at radius 1 is 1.17 bits per heavy atom. The molecule has 2 aliphatic rings. The van der Waals surface area contributed by atoms with E-state index in [1.165, 1.54) is 4.90 Å². The van der Waals surface area contributed by atoms with E-state index in [9.17, 15) is 4.79 Å². The van der Waals surface area contributed by atoms with Crippen LogP contribution in [0.15, 0.2) is 0 Å².